The highest BCUT2D eigenvalue weighted by atomic mass is 32.1. The summed E-state index contributed by atoms with van der Waals surface area (Å²) in [5.74, 6) is 0. The first-order valence-electron chi connectivity index (χ1n) is 12.8. The van der Waals surface area contributed by atoms with Gasteiger partial charge in [0.15, 0.2) is 0 Å². The van der Waals surface area contributed by atoms with Gasteiger partial charge in [-0.25, -0.2) is 0 Å². The van der Waals surface area contributed by atoms with Crippen LogP contribution in [0.25, 0.3) is 53.5 Å². The van der Waals surface area contributed by atoms with Gasteiger partial charge in [-0.05, 0) is 72.9 Å². The first kappa shape index (κ1) is 20.9. The summed E-state index contributed by atoms with van der Waals surface area (Å²) in [6, 6.07) is 42.1. The Bertz CT molecular complexity index is 1990. The highest BCUT2D eigenvalue weighted by molar-refractivity contribution is 7.21. The fourth-order valence-electron chi connectivity index (χ4n) is 6.12. The highest BCUT2D eigenvalue weighted by Gasteiger charge is 2.25. The number of rotatable bonds is 2. The molecule has 0 aliphatic carbocycles. The van der Waals surface area contributed by atoms with E-state index in [0.29, 0.717) is 0 Å². The van der Waals surface area contributed by atoms with E-state index in [0.717, 1.165) is 18.7 Å². The summed E-state index contributed by atoms with van der Waals surface area (Å²) in [6.45, 7) is 0.831. The van der Waals surface area contributed by atoms with E-state index in [1.165, 1.54) is 69.5 Å². The predicted octanol–water partition coefficient (Wildman–Crippen LogP) is 9.42. The standard InChI is InChI=1S/C35H23NS/c1-2-10-23-21-24(18-17-22(23)9-1)32-26-12-3-5-14-28(26)33(29-15-6-4-13-27(29)32)34-35-30(19-20-36-34)25-11-7-8-16-31(25)37-35/h1-18,21H,19-20H2. The number of aliphatic imine (C=N–C) groups is 1. The van der Waals surface area contributed by atoms with E-state index in [9.17, 15) is 0 Å². The molecule has 174 valence electrons. The Hall–Kier alpha value is -4.27. The molecule has 7 aromatic rings. The third-order valence-electron chi connectivity index (χ3n) is 7.75. The molecule has 0 bridgehead atoms. The van der Waals surface area contributed by atoms with Gasteiger partial charge in [0.25, 0.3) is 0 Å². The van der Waals surface area contributed by atoms with E-state index in [1.54, 1.807) is 0 Å². The molecule has 1 aromatic heterocycles. The summed E-state index contributed by atoms with van der Waals surface area (Å²) in [5, 5.41) is 9.03. The third kappa shape index (κ3) is 3.13. The Morgan fingerprint density at radius 2 is 1.14 bits per heavy atom. The lowest BCUT2D eigenvalue weighted by Gasteiger charge is -2.21. The number of fused-ring (bicyclic) bond motifs is 6. The fourth-order valence-corrected chi connectivity index (χ4v) is 7.39. The number of hydrogen-bond donors (Lipinski definition) is 0. The molecule has 2 heteroatoms. The summed E-state index contributed by atoms with van der Waals surface area (Å²) in [6.07, 6.45) is 1.01. The maximum absolute atomic E-state index is 5.21. The van der Waals surface area contributed by atoms with Crippen LogP contribution in [0, 0.1) is 0 Å². The lowest BCUT2D eigenvalue weighted by Crippen LogP contribution is -2.13. The van der Waals surface area contributed by atoms with E-state index >= 15 is 0 Å². The number of nitrogens with zero attached hydrogens (tertiary/aromatic N) is 1. The molecule has 2 heterocycles. The number of benzene rings is 6. The summed E-state index contributed by atoms with van der Waals surface area (Å²) >= 11 is 1.89. The monoisotopic (exact) mass is 489 g/mol. The second kappa shape index (κ2) is 8.12. The topological polar surface area (TPSA) is 12.4 Å². The van der Waals surface area contributed by atoms with E-state index in [2.05, 4.69) is 115 Å². The largest absolute Gasteiger partial charge is 0.283 e. The quantitative estimate of drug-likeness (QED) is 0.214. The molecular formula is C35H23NS. The molecule has 0 unspecified atom stereocenters. The molecule has 1 aliphatic heterocycles. The van der Waals surface area contributed by atoms with Crippen LogP contribution >= 0.6 is 11.3 Å². The maximum Gasteiger partial charge on any atom is 0.0834 e. The normalized spacial score (nSPS) is 13.4. The Kier molecular flexibility index (Phi) is 4.58. The Morgan fingerprint density at radius 1 is 0.541 bits per heavy atom. The summed E-state index contributed by atoms with van der Waals surface area (Å²) in [7, 11) is 0. The lowest BCUT2D eigenvalue weighted by atomic mass is 9.85. The Balaban J connectivity index is 1.48. The summed E-state index contributed by atoms with van der Waals surface area (Å²) < 4.78 is 1.35. The predicted molar refractivity (Wildman–Crippen MR) is 160 cm³/mol. The van der Waals surface area contributed by atoms with Gasteiger partial charge in [-0.3, -0.25) is 4.99 Å². The van der Waals surface area contributed by atoms with Crippen LogP contribution in [0.5, 0.6) is 0 Å². The molecule has 0 N–H and O–H groups in total. The maximum atomic E-state index is 5.21. The Morgan fingerprint density at radius 3 is 1.86 bits per heavy atom. The van der Waals surface area contributed by atoms with Crippen molar-refractivity contribution in [2.45, 2.75) is 6.42 Å². The Labute approximate surface area is 219 Å². The van der Waals surface area contributed by atoms with Crippen LogP contribution in [-0.4, -0.2) is 12.3 Å². The van der Waals surface area contributed by atoms with Gasteiger partial charge in [-0.1, -0.05) is 103 Å². The third-order valence-corrected chi connectivity index (χ3v) is 8.97. The molecule has 0 atom stereocenters. The van der Waals surface area contributed by atoms with E-state index in [1.807, 2.05) is 11.3 Å². The van der Waals surface area contributed by atoms with Crippen LogP contribution in [0.3, 0.4) is 0 Å². The zero-order valence-corrected chi connectivity index (χ0v) is 21.1. The molecule has 0 spiro atoms. The van der Waals surface area contributed by atoms with E-state index < -0.39 is 0 Å². The molecule has 6 aromatic carbocycles. The molecule has 0 radical (unpaired) electrons. The van der Waals surface area contributed by atoms with Crippen LogP contribution in [0.1, 0.15) is 16.0 Å². The van der Waals surface area contributed by atoms with Crippen molar-refractivity contribution in [2.24, 2.45) is 4.99 Å². The van der Waals surface area contributed by atoms with E-state index in [-0.39, 0.29) is 0 Å². The molecule has 8 rings (SSSR count). The minimum absolute atomic E-state index is 0.831. The molecule has 0 saturated heterocycles. The second-order valence-corrected chi connectivity index (χ2v) is 10.8. The van der Waals surface area contributed by atoms with Crippen molar-refractivity contribution in [2.75, 3.05) is 6.54 Å². The van der Waals surface area contributed by atoms with Crippen molar-refractivity contribution in [3.8, 4) is 11.1 Å². The zero-order valence-electron chi connectivity index (χ0n) is 20.2. The van der Waals surface area contributed by atoms with Gasteiger partial charge in [0.2, 0.25) is 0 Å². The smallest absolute Gasteiger partial charge is 0.0834 e. The van der Waals surface area contributed by atoms with Crippen LogP contribution < -0.4 is 0 Å². The van der Waals surface area contributed by atoms with Crippen molar-refractivity contribution in [3.63, 3.8) is 0 Å². The van der Waals surface area contributed by atoms with Gasteiger partial charge in [0.1, 0.15) is 0 Å². The van der Waals surface area contributed by atoms with Gasteiger partial charge in [0, 0.05) is 16.8 Å². The van der Waals surface area contributed by atoms with Crippen LogP contribution in [0.4, 0.5) is 0 Å². The molecule has 1 aliphatic rings. The van der Waals surface area contributed by atoms with Gasteiger partial charge >= 0.3 is 0 Å². The number of thiophene rings is 1. The molecule has 0 saturated carbocycles. The van der Waals surface area contributed by atoms with Crippen molar-refractivity contribution in [1.29, 1.82) is 0 Å². The first-order chi connectivity index (χ1) is 18.4. The lowest BCUT2D eigenvalue weighted by molar-refractivity contribution is 0.961. The summed E-state index contributed by atoms with van der Waals surface area (Å²) in [4.78, 5) is 6.54. The molecule has 37 heavy (non-hydrogen) atoms. The minimum atomic E-state index is 0.831. The highest BCUT2D eigenvalue weighted by Crippen LogP contribution is 2.43. The zero-order chi connectivity index (χ0) is 24.3. The average molecular weight is 490 g/mol. The molecule has 0 fully saturated rings. The van der Waals surface area contributed by atoms with Crippen LogP contribution in [-0.2, 0) is 6.42 Å². The van der Waals surface area contributed by atoms with Gasteiger partial charge in [0.05, 0.1) is 10.6 Å². The average Bonchev–Trinajstić information content (AvgIpc) is 3.35. The van der Waals surface area contributed by atoms with Gasteiger partial charge in [-0.15, -0.1) is 11.3 Å². The SMILES string of the molecule is c1ccc2cc(-c3c4ccccc4c(C4=NCCc5c4sc4ccccc54)c4ccccc34)ccc2c1. The van der Waals surface area contributed by atoms with E-state index in [4.69, 9.17) is 4.99 Å². The molecule has 0 amide bonds. The van der Waals surface area contributed by atoms with Crippen molar-refractivity contribution < 1.29 is 0 Å². The number of hydrogen-bond acceptors (Lipinski definition) is 2. The first-order valence-corrected chi connectivity index (χ1v) is 13.7. The summed E-state index contributed by atoms with van der Waals surface area (Å²) in [5.41, 5.74) is 6.43. The fraction of sp³-hybridized carbons (Fsp3) is 0.0571. The van der Waals surface area contributed by atoms with Gasteiger partial charge < -0.3 is 0 Å². The van der Waals surface area contributed by atoms with Crippen molar-refractivity contribution in [3.05, 3.63) is 131 Å². The second-order valence-electron chi connectivity index (χ2n) is 9.79. The van der Waals surface area contributed by atoms with Crippen molar-refractivity contribution in [1.82, 2.24) is 0 Å². The van der Waals surface area contributed by atoms with Crippen molar-refractivity contribution >= 4 is 59.5 Å². The van der Waals surface area contributed by atoms with Crippen LogP contribution in [0.15, 0.2) is 120 Å². The van der Waals surface area contributed by atoms with Gasteiger partial charge in [-0.2, -0.15) is 0 Å². The van der Waals surface area contributed by atoms with Crippen LogP contribution in [0.2, 0.25) is 0 Å². The minimum Gasteiger partial charge on any atom is -0.283 e. The molecule has 1 nitrogen and oxygen atoms in total. The molecular weight excluding hydrogens is 466 g/mol.